The van der Waals surface area contributed by atoms with Gasteiger partial charge in [-0.05, 0) is 42.2 Å². The Morgan fingerprint density at radius 2 is 1.71 bits per heavy atom. The third-order valence-corrected chi connectivity index (χ3v) is 5.81. The fraction of sp³-hybridized carbons (Fsp3) is 0.393. The van der Waals surface area contributed by atoms with E-state index >= 15 is 0 Å². The summed E-state index contributed by atoms with van der Waals surface area (Å²) in [5, 5.41) is 8.35. The zero-order chi connectivity index (χ0) is 25.6. The molecule has 0 aliphatic heterocycles. The molecule has 3 aromatic rings. The van der Waals surface area contributed by atoms with Gasteiger partial charge in [0.2, 0.25) is 11.8 Å². The summed E-state index contributed by atoms with van der Waals surface area (Å²) in [5.74, 6) is 0.521. The van der Waals surface area contributed by atoms with Gasteiger partial charge in [-0.3, -0.25) is 9.59 Å². The molecular weight excluding hydrogens is 460 g/mol. The number of nitrogens with zero attached hydrogens (tertiary/aromatic N) is 3. The van der Waals surface area contributed by atoms with Crippen molar-refractivity contribution in [2.75, 3.05) is 18.4 Å². The molecule has 0 unspecified atom stereocenters. The lowest BCUT2D eigenvalue weighted by Gasteiger charge is -2.24. The Morgan fingerprint density at radius 3 is 2.31 bits per heavy atom. The molecule has 0 saturated heterocycles. The van der Waals surface area contributed by atoms with Gasteiger partial charge in [0.15, 0.2) is 0 Å². The quantitative estimate of drug-likeness (QED) is 0.404. The highest BCUT2D eigenvalue weighted by molar-refractivity contribution is 6.30. The lowest BCUT2D eigenvalue weighted by atomic mass is 9.92. The second-order valence-electron chi connectivity index (χ2n) is 10.3. The van der Waals surface area contributed by atoms with E-state index in [0.717, 1.165) is 16.9 Å². The molecule has 0 saturated carbocycles. The molecule has 1 N–H and O–H groups in total. The van der Waals surface area contributed by atoms with Crippen LogP contribution in [0.2, 0.25) is 5.02 Å². The van der Waals surface area contributed by atoms with Crippen molar-refractivity contribution < 1.29 is 9.59 Å². The number of anilines is 1. The lowest BCUT2D eigenvalue weighted by molar-refractivity contribution is -0.135. The summed E-state index contributed by atoms with van der Waals surface area (Å²) < 4.78 is 1.71. The lowest BCUT2D eigenvalue weighted by Crippen LogP contribution is -2.40. The van der Waals surface area contributed by atoms with Crippen LogP contribution in [0.4, 0.5) is 5.82 Å². The van der Waals surface area contributed by atoms with Gasteiger partial charge in [-0.1, -0.05) is 76.6 Å². The van der Waals surface area contributed by atoms with Gasteiger partial charge in [0.25, 0.3) is 0 Å². The molecule has 0 atom stereocenters. The third kappa shape index (κ3) is 7.69. The molecule has 0 radical (unpaired) electrons. The predicted molar refractivity (Wildman–Crippen MR) is 142 cm³/mol. The first-order chi connectivity index (χ1) is 16.5. The number of hydrogen-bond acceptors (Lipinski definition) is 3. The molecule has 2 amide bonds. The summed E-state index contributed by atoms with van der Waals surface area (Å²) in [6, 6.07) is 19.1. The molecule has 0 aliphatic carbocycles. The van der Waals surface area contributed by atoms with Gasteiger partial charge >= 0.3 is 0 Å². The predicted octanol–water partition coefficient (Wildman–Crippen LogP) is 5.88. The van der Waals surface area contributed by atoms with Gasteiger partial charge in [0.05, 0.1) is 17.9 Å². The summed E-state index contributed by atoms with van der Waals surface area (Å²) in [5.41, 5.74) is 2.55. The number of rotatable bonds is 9. The molecule has 186 valence electrons. The van der Waals surface area contributed by atoms with E-state index in [1.807, 2.05) is 62.4 Å². The molecule has 0 spiro atoms. The largest absolute Gasteiger partial charge is 0.333 e. The molecule has 0 bridgehead atoms. The Balaban J connectivity index is 1.76. The molecule has 2 aromatic carbocycles. The molecule has 1 heterocycles. The number of carbonyl (C=O) groups excluding carboxylic acids is 2. The molecule has 1 aromatic heterocycles. The zero-order valence-corrected chi connectivity index (χ0v) is 22.0. The van der Waals surface area contributed by atoms with Crippen molar-refractivity contribution in [1.82, 2.24) is 14.7 Å². The smallest absolute Gasteiger partial charge is 0.245 e. The van der Waals surface area contributed by atoms with E-state index in [0.29, 0.717) is 30.2 Å². The van der Waals surface area contributed by atoms with Crippen LogP contribution in [0.1, 0.15) is 52.3 Å². The number of amides is 2. The van der Waals surface area contributed by atoms with Crippen molar-refractivity contribution in [2.45, 2.75) is 52.9 Å². The summed E-state index contributed by atoms with van der Waals surface area (Å²) >= 11 is 6.06. The van der Waals surface area contributed by atoms with E-state index in [4.69, 9.17) is 16.7 Å². The maximum atomic E-state index is 13.1. The van der Waals surface area contributed by atoms with Gasteiger partial charge in [0.1, 0.15) is 5.82 Å². The van der Waals surface area contributed by atoms with Gasteiger partial charge in [0, 0.05) is 29.5 Å². The molecule has 0 fully saturated rings. The van der Waals surface area contributed by atoms with Crippen LogP contribution in [0.5, 0.6) is 0 Å². The van der Waals surface area contributed by atoms with Gasteiger partial charge < -0.3 is 10.2 Å². The number of nitrogens with one attached hydrogen (secondary N) is 1. The van der Waals surface area contributed by atoms with Crippen LogP contribution in [-0.2, 0) is 21.4 Å². The standard InChI is InChI=1S/C28H35ClN4O2/c1-20(2)18-32(27(35)16-11-21-9-7-6-8-10-21)19-26(34)30-25-17-24(28(3,4)5)31-33(25)23-14-12-22(29)13-15-23/h6-10,12-15,17,20H,11,16,18-19H2,1-5H3,(H,30,34). The van der Waals surface area contributed by atoms with Crippen molar-refractivity contribution in [2.24, 2.45) is 5.92 Å². The van der Waals surface area contributed by atoms with Crippen LogP contribution in [-0.4, -0.2) is 39.6 Å². The van der Waals surface area contributed by atoms with E-state index in [1.54, 1.807) is 21.7 Å². The highest BCUT2D eigenvalue weighted by Crippen LogP contribution is 2.27. The maximum absolute atomic E-state index is 13.1. The Kier molecular flexibility index (Phi) is 8.73. The monoisotopic (exact) mass is 494 g/mol. The minimum Gasteiger partial charge on any atom is -0.333 e. The second kappa shape index (κ2) is 11.5. The van der Waals surface area contributed by atoms with Crippen LogP contribution in [0.25, 0.3) is 5.69 Å². The molecular formula is C28H35ClN4O2. The van der Waals surface area contributed by atoms with Crippen molar-refractivity contribution in [3.63, 3.8) is 0 Å². The first kappa shape index (κ1) is 26.5. The topological polar surface area (TPSA) is 67.2 Å². The zero-order valence-electron chi connectivity index (χ0n) is 21.2. The maximum Gasteiger partial charge on any atom is 0.245 e. The fourth-order valence-corrected chi connectivity index (χ4v) is 3.85. The first-order valence-electron chi connectivity index (χ1n) is 12.0. The van der Waals surface area contributed by atoms with Crippen molar-refractivity contribution >= 4 is 29.2 Å². The van der Waals surface area contributed by atoms with Crippen molar-refractivity contribution in [1.29, 1.82) is 0 Å². The normalized spacial score (nSPS) is 11.5. The molecule has 35 heavy (non-hydrogen) atoms. The number of halogens is 1. The van der Waals surface area contributed by atoms with Gasteiger partial charge in [-0.2, -0.15) is 5.10 Å². The average Bonchev–Trinajstić information content (AvgIpc) is 3.22. The summed E-state index contributed by atoms with van der Waals surface area (Å²) in [4.78, 5) is 27.8. The fourth-order valence-electron chi connectivity index (χ4n) is 3.72. The summed E-state index contributed by atoms with van der Waals surface area (Å²) in [7, 11) is 0. The minimum absolute atomic E-state index is 0.0115. The SMILES string of the molecule is CC(C)CN(CC(=O)Nc1cc(C(C)(C)C)nn1-c1ccc(Cl)cc1)C(=O)CCc1ccccc1. The third-order valence-electron chi connectivity index (χ3n) is 5.56. The molecule has 7 heteroatoms. The molecule has 0 aliphatic rings. The number of hydrogen-bond donors (Lipinski definition) is 1. The van der Waals surface area contributed by atoms with Crippen LogP contribution < -0.4 is 5.32 Å². The van der Waals surface area contributed by atoms with Crippen LogP contribution in [0.15, 0.2) is 60.7 Å². The summed E-state index contributed by atoms with van der Waals surface area (Å²) in [6.45, 7) is 10.8. The van der Waals surface area contributed by atoms with Crippen LogP contribution in [0, 0.1) is 5.92 Å². The van der Waals surface area contributed by atoms with E-state index in [9.17, 15) is 9.59 Å². The number of benzene rings is 2. The van der Waals surface area contributed by atoms with E-state index in [2.05, 4.69) is 26.1 Å². The average molecular weight is 495 g/mol. The van der Waals surface area contributed by atoms with E-state index < -0.39 is 0 Å². The Bertz CT molecular complexity index is 1130. The second-order valence-corrected chi connectivity index (χ2v) is 10.7. The summed E-state index contributed by atoms with van der Waals surface area (Å²) in [6.07, 6.45) is 1.01. The molecule has 6 nitrogen and oxygen atoms in total. The Hall–Kier alpha value is -3.12. The van der Waals surface area contributed by atoms with E-state index in [-0.39, 0.29) is 29.7 Å². The first-order valence-corrected chi connectivity index (χ1v) is 12.4. The van der Waals surface area contributed by atoms with Gasteiger partial charge in [-0.15, -0.1) is 0 Å². The van der Waals surface area contributed by atoms with Gasteiger partial charge in [-0.25, -0.2) is 4.68 Å². The number of aromatic nitrogens is 2. The van der Waals surface area contributed by atoms with Crippen LogP contribution >= 0.6 is 11.6 Å². The number of carbonyl (C=O) groups is 2. The Morgan fingerprint density at radius 1 is 1.06 bits per heavy atom. The van der Waals surface area contributed by atoms with Crippen molar-refractivity contribution in [3.8, 4) is 5.69 Å². The highest BCUT2D eigenvalue weighted by Gasteiger charge is 2.23. The highest BCUT2D eigenvalue weighted by atomic mass is 35.5. The van der Waals surface area contributed by atoms with E-state index in [1.165, 1.54) is 0 Å². The Labute approximate surface area is 213 Å². The number of aryl methyl sites for hydroxylation is 1. The van der Waals surface area contributed by atoms with Crippen molar-refractivity contribution in [3.05, 3.63) is 76.9 Å². The minimum atomic E-state index is -0.255. The molecule has 3 rings (SSSR count). The van der Waals surface area contributed by atoms with Crippen LogP contribution in [0.3, 0.4) is 0 Å².